The minimum Gasteiger partial charge on any atom is -0.383 e. The molecule has 19 heavy (non-hydrogen) atoms. The van der Waals surface area contributed by atoms with Crippen LogP contribution >= 0.6 is 23.7 Å². The summed E-state index contributed by atoms with van der Waals surface area (Å²) in [5.41, 5.74) is 8.98. The van der Waals surface area contributed by atoms with E-state index in [1.807, 2.05) is 42.6 Å². The van der Waals surface area contributed by atoms with E-state index in [1.54, 1.807) is 22.2 Å². The molecule has 3 rings (SSSR count). The van der Waals surface area contributed by atoms with Crippen LogP contribution in [0, 0.1) is 6.92 Å². The average molecular weight is 293 g/mol. The summed E-state index contributed by atoms with van der Waals surface area (Å²) in [6.07, 6.45) is 1.76. The molecule has 3 aromatic rings. The highest BCUT2D eigenvalue weighted by Gasteiger charge is 2.13. The number of nitrogen functional groups attached to an aromatic ring is 1. The Morgan fingerprint density at radius 2 is 1.95 bits per heavy atom. The van der Waals surface area contributed by atoms with Gasteiger partial charge in [0.1, 0.15) is 10.8 Å². The molecule has 0 amide bonds. The van der Waals surface area contributed by atoms with Gasteiger partial charge < -0.3 is 5.73 Å². The first-order valence-corrected chi connectivity index (χ1v) is 6.45. The van der Waals surface area contributed by atoms with Crippen molar-refractivity contribution in [3.8, 4) is 16.3 Å². The number of thiazole rings is 1. The summed E-state index contributed by atoms with van der Waals surface area (Å²) >= 11 is 1.58. The third-order valence-electron chi connectivity index (χ3n) is 2.66. The van der Waals surface area contributed by atoms with Crippen molar-refractivity contribution >= 4 is 29.6 Å². The van der Waals surface area contributed by atoms with Crippen molar-refractivity contribution < 1.29 is 0 Å². The first-order valence-electron chi connectivity index (χ1n) is 5.57. The molecule has 0 bridgehead atoms. The van der Waals surface area contributed by atoms with E-state index in [1.165, 1.54) is 0 Å². The maximum Gasteiger partial charge on any atom is 0.137 e. The highest BCUT2D eigenvalue weighted by atomic mass is 35.5. The molecule has 0 fully saturated rings. The molecule has 0 aliphatic rings. The minimum atomic E-state index is 0. The number of halogens is 1. The fourth-order valence-corrected chi connectivity index (χ4v) is 2.59. The predicted octanol–water partition coefficient (Wildman–Crippen LogP) is 3.31. The van der Waals surface area contributed by atoms with Crippen LogP contribution < -0.4 is 5.73 Å². The Balaban J connectivity index is 0.00000133. The third kappa shape index (κ3) is 2.47. The van der Waals surface area contributed by atoms with E-state index in [-0.39, 0.29) is 12.4 Å². The molecule has 6 heteroatoms. The quantitative estimate of drug-likeness (QED) is 0.788. The number of para-hydroxylation sites is 1. The van der Waals surface area contributed by atoms with E-state index in [0.29, 0.717) is 5.82 Å². The summed E-state index contributed by atoms with van der Waals surface area (Å²) < 4.78 is 1.73. The Hall–Kier alpha value is -1.85. The number of hydrogen-bond acceptors (Lipinski definition) is 4. The van der Waals surface area contributed by atoms with Gasteiger partial charge in [-0.2, -0.15) is 5.10 Å². The maximum absolute atomic E-state index is 6.14. The van der Waals surface area contributed by atoms with Gasteiger partial charge in [-0.15, -0.1) is 23.7 Å². The van der Waals surface area contributed by atoms with Crippen LogP contribution in [0.2, 0.25) is 0 Å². The smallest absolute Gasteiger partial charge is 0.137 e. The zero-order valence-electron chi connectivity index (χ0n) is 10.3. The van der Waals surface area contributed by atoms with Gasteiger partial charge in [0.25, 0.3) is 0 Å². The predicted molar refractivity (Wildman–Crippen MR) is 81.1 cm³/mol. The lowest BCUT2D eigenvalue weighted by molar-refractivity contribution is 0.891. The van der Waals surface area contributed by atoms with Gasteiger partial charge in [-0.05, 0) is 19.1 Å². The van der Waals surface area contributed by atoms with E-state index in [0.717, 1.165) is 22.0 Å². The molecule has 2 aromatic heterocycles. The fourth-order valence-electron chi connectivity index (χ4n) is 1.78. The molecular formula is C13H13ClN4S. The Bertz CT molecular complexity index is 675. The molecule has 0 saturated carbocycles. The van der Waals surface area contributed by atoms with Gasteiger partial charge in [-0.1, -0.05) is 18.2 Å². The van der Waals surface area contributed by atoms with Crippen LogP contribution in [0.5, 0.6) is 0 Å². The SMILES string of the molecule is Cc1csc(-c2cnn(-c3ccccc3)c2N)n1.Cl. The van der Waals surface area contributed by atoms with Gasteiger partial charge in [0.05, 0.1) is 17.4 Å². The van der Waals surface area contributed by atoms with Gasteiger partial charge in [-0.3, -0.25) is 0 Å². The number of anilines is 1. The summed E-state index contributed by atoms with van der Waals surface area (Å²) in [5, 5.41) is 7.25. The highest BCUT2D eigenvalue weighted by molar-refractivity contribution is 7.13. The number of rotatable bonds is 2. The normalized spacial score (nSPS) is 10.2. The third-order valence-corrected chi connectivity index (χ3v) is 3.65. The molecule has 98 valence electrons. The highest BCUT2D eigenvalue weighted by Crippen LogP contribution is 2.29. The van der Waals surface area contributed by atoms with Crippen molar-refractivity contribution in [3.05, 3.63) is 47.6 Å². The lowest BCUT2D eigenvalue weighted by Crippen LogP contribution is -2.01. The Morgan fingerprint density at radius 3 is 2.58 bits per heavy atom. The van der Waals surface area contributed by atoms with Gasteiger partial charge >= 0.3 is 0 Å². The summed E-state index contributed by atoms with van der Waals surface area (Å²) in [6, 6.07) is 9.84. The van der Waals surface area contributed by atoms with Crippen molar-refractivity contribution in [2.75, 3.05) is 5.73 Å². The summed E-state index contributed by atoms with van der Waals surface area (Å²) in [7, 11) is 0. The van der Waals surface area contributed by atoms with Crippen molar-refractivity contribution in [2.45, 2.75) is 6.92 Å². The second kappa shape index (κ2) is 5.42. The average Bonchev–Trinajstić information content (AvgIpc) is 2.97. The van der Waals surface area contributed by atoms with Crippen molar-refractivity contribution in [2.24, 2.45) is 0 Å². The van der Waals surface area contributed by atoms with Crippen molar-refractivity contribution in [3.63, 3.8) is 0 Å². The summed E-state index contributed by atoms with van der Waals surface area (Å²) in [6.45, 7) is 1.97. The van der Waals surface area contributed by atoms with Crippen molar-refractivity contribution in [1.29, 1.82) is 0 Å². The number of nitrogens with two attached hydrogens (primary N) is 1. The standard InChI is InChI=1S/C13H12N4S.ClH/c1-9-8-18-13(16-9)11-7-15-17(12(11)14)10-5-3-2-4-6-10;/h2-8H,14H2,1H3;1H. The largest absolute Gasteiger partial charge is 0.383 e. The van der Waals surface area contributed by atoms with E-state index < -0.39 is 0 Å². The van der Waals surface area contributed by atoms with Crippen LogP contribution in [0.1, 0.15) is 5.69 Å². The van der Waals surface area contributed by atoms with Crippen LogP contribution in [0.4, 0.5) is 5.82 Å². The van der Waals surface area contributed by atoms with E-state index in [2.05, 4.69) is 10.1 Å². The molecular weight excluding hydrogens is 280 g/mol. The van der Waals surface area contributed by atoms with Crippen molar-refractivity contribution in [1.82, 2.24) is 14.8 Å². The molecule has 0 spiro atoms. The molecule has 0 radical (unpaired) electrons. The summed E-state index contributed by atoms with van der Waals surface area (Å²) in [4.78, 5) is 4.43. The Morgan fingerprint density at radius 1 is 1.21 bits per heavy atom. The fraction of sp³-hybridized carbons (Fsp3) is 0.0769. The first-order chi connectivity index (χ1) is 8.75. The van der Waals surface area contributed by atoms with Gasteiger partial charge in [-0.25, -0.2) is 9.67 Å². The molecule has 2 N–H and O–H groups in total. The Labute approximate surface area is 121 Å². The maximum atomic E-state index is 6.14. The van der Waals surface area contributed by atoms with E-state index in [4.69, 9.17) is 5.73 Å². The lowest BCUT2D eigenvalue weighted by atomic mass is 10.3. The molecule has 0 unspecified atom stereocenters. The van der Waals surface area contributed by atoms with Crippen LogP contribution in [-0.2, 0) is 0 Å². The number of aromatic nitrogens is 3. The second-order valence-corrected chi connectivity index (χ2v) is 4.84. The summed E-state index contributed by atoms with van der Waals surface area (Å²) in [5.74, 6) is 0.621. The lowest BCUT2D eigenvalue weighted by Gasteiger charge is -2.03. The first kappa shape index (κ1) is 13.6. The van der Waals surface area contributed by atoms with E-state index >= 15 is 0 Å². The molecule has 4 nitrogen and oxygen atoms in total. The van der Waals surface area contributed by atoms with Crippen LogP contribution in [-0.4, -0.2) is 14.8 Å². The van der Waals surface area contributed by atoms with Gasteiger partial charge in [0.2, 0.25) is 0 Å². The van der Waals surface area contributed by atoms with E-state index in [9.17, 15) is 0 Å². The molecule has 2 heterocycles. The Kier molecular flexibility index (Phi) is 3.87. The number of nitrogens with zero attached hydrogens (tertiary/aromatic N) is 3. The molecule has 0 atom stereocenters. The topological polar surface area (TPSA) is 56.7 Å². The molecule has 1 aromatic carbocycles. The monoisotopic (exact) mass is 292 g/mol. The van der Waals surface area contributed by atoms with Crippen LogP contribution in [0.25, 0.3) is 16.3 Å². The van der Waals surface area contributed by atoms with Crippen LogP contribution in [0.3, 0.4) is 0 Å². The minimum absolute atomic E-state index is 0. The number of aryl methyl sites for hydroxylation is 1. The number of hydrogen-bond donors (Lipinski definition) is 1. The molecule has 0 saturated heterocycles. The molecule has 0 aliphatic heterocycles. The van der Waals surface area contributed by atoms with Gasteiger partial charge in [0, 0.05) is 11.1 Å². The molecule has 0 aliphatic carbocycles. The second-order valence-electron chi connectivity index (χ2n) is 3.98. The zero-order chi connectivity index (χ0) is 12.5. The van der Waals surface area contributed by atoms with Gasteiger partial charge in [0.15, 0.2) is 0 Å². The van der Waals surface area contributed by atoms with Crippen LogP contribution in [0.15, 0.2) is 41.9 Å². The zero-order valence-corrected chi connectivity index (χ0v) is 11.9. The number of benzene rings is 1.